The summed E-state index contributed by atoms with van der Waals surface area (Å²) in [6, 6.07) is -0.965. The van der Waals surface area contributed by atoms with Crippen LogP contribution in [-0.2, 0) is 40.2 Å². The van der Waals surface area contributed by atoms with Crippen LogP contribution in [0.25, 0.3) is 0 Å². The Balaban J connectivity index is 1.82. The summed E-state index contributed by atoms with van der Waals surface area (Å²) in [5.74, 6) is -0.423. The van der Waals surface area contributed by atoms with E-state index in [1.165, 1.54) is 6.92 Å². The van der Waals surface area contributed by atoms with Crippen molar-refractivity contribution in [3.63, 3.8) is 0 Å². The highest BCUT2D eigenvalue weighted by molar-refractivity contribution is 7.47. The van der Waals surface area contributed by atoms with E-state index in [9.17, 15) is 19.4 Å². The minimum Gasteiger partial charge on any atom is -0.394 e. The molecular weight excluding hydrogens is 430 g/mol. The summed E-state index contributed by atoms with van der Waals surface area (Å²) >= 11 is 0. The Morgan fingerprint density at radius 2 is 2.03 bits per heavy atom. The molecule has 2 aliphatic rings. The number of hydrogen-bond donors (Lipinski definition) is 3. The van der Waals surface area contributed by atoms with E-state index in [-0.39, 0.29) is 0 Å². The number of nitrogens with one attached hydrogen (secondary N) is 1. The number of phosphoric acid groups is 1. The van der Waals surface area contributed by atoms with Gasteiger partial charge in [-0.15, -0.1) is 5.10 Å². The second-order valence-electron chi connectivity index (χ2n) is 8.81. The molecule has 1 aromatic rings. The number of aliphatic hydroxyl groups is 1. The lowest BCUT2D eigenvalue weighted by atomic mass is 9.63. The smallest absolute Gasteiger partial charge is 0.394 e. The van der Waals surface area contributed by atoms with Crippen molar-refractivity contribution in [2.75, 3.05) is 6.61 Å². The largest absolute Gasteiger partial charge is 0.473 e. The molecule has 2 radical (unpaired) electrons. The third kappa shape index (κ3) is 5.54. The molecular formula is C17H28BN4O8P. The Bertz CT molecular complexity index is 865. The number of nitrogens with zero attached hydrogens (tertiary/aromatic N) is 3. The molecule has 3 rings (SSSR count). The monoisotopic (exact) mass is 458 g/mol. The maximum Gasteiger partial charge on any atom is 0.473 e. The number of aromatic nitrogens is 3. The van der Waals surface area contributed by atoms with Crippen molar-refractivity contribution in [1.29, 1.82) is 0 Å². The summed E-state index contributed by atoms with van der Waals surface area (Å²) in [5.41, 5.74) is -0.339. The highest BCUT2D eigenvalue weighted by Gasteiger charge is 2.58. The molecule has 0 saturated carbocycles. The number of carbonyl (C=O) groups excluding carboxylic acids is 1. The summed E-state index contributed by atoms with van der Waals surface area (Å²) in [5, 5.41) is 19.4. The van der Waals surface area contributed by atoms with Crippen LogP contribution in [0.5, 0.6) is 0 Å². The first-order chi connectivity index (χ1) is 14.2. The molecule has 2 fully saturated rings. The molecule has 2 aliphatic heterocycles. The van der Waals surface area contributed by atoms with Gasteiger partial charge in [0.15, 0.2) is 6.29 Å². The van der Waals surface area contributed by atoms with Gasteiger partial charge >= 0.3 is 7.82 Å². The van der Waals surface area contributed by atoms with Gasteiger partial charge in [0, 0.05) is 20.2 Å². The van der Waals surface area contributed by atoms with Gasteiger partial charge in [-0.3, -0.25) is 18.5 Å². The zero-order valence-electron chi connectivity index (χ0n) is 18.1. The van der Waals surface area contributed by atoms with Gasteiger partial charge in [-0.2, -0.15) is 0 Å². The number of carbonyl (C=O) groups is 1. The van der Waals surface area contributed by atoms with Gasteiger partial charge in [-0.25, -0.2) is 4.57 Å². The maximum absolute atomic E-state index is 12.0. The van der Waals surface area contributed by atoms with Crippen molar-refractivity contribution < 1.29 is 37.9 Å². The van der Waals surface area contributed by atoms with Gasteiger partial charge in [-0.1, -0.05) is 12.1 Å². The fraction of sp³-hybridized carbons (Fsp3) is 0.824. The molecule has 0 aliphatic carbocycles. The average Bonchev–Trinajstić information content (AvgIpc) is 3.18. The number of aliphatic hydroxyl groups excluding tert-OH is 1. The second-order valence-corrected chi connectivity index (χ2v) is 10.2. The Hall–Kier alpha value is -1.34. The number of rotatable bonds is 7. The maximum atomic E-state index is 12.0. The van der Waals surface area contributed by atoms with Gasteiger partial charge in [0.25, 0.3) is 0 Å². The Labute approximate surface area is 181 Å². The predicted octanol–water partition coefficient (Wildman–Crippen LogP) is -0.510. The molecule has 0 bridgehead atoms. The minimum absolute atomic E-state index is 0.291. The first-order valence-corrected chi connectivity index (χ1v) is 11.3. The molecule has 2 unspecified atom stereocenters. The van der Waals surface area contributed by atoms with Crippen molar-refractivity contribution in [2.45, 2.75) is 75.7 Å². The zero-order chi connectivity index (χ0) is 23.2. The van der Waals surface area contributed by atoms with Crippen LogP contribution >= 0.6 is 7.82 Å². The third-order valence-corrected chi connectivity index (χ3v) is 6.14. The van der Waals surface area contributed by atoms with Gasteiger partial charge < -0.3 is 24.8 Å². The van der Waals surface area contributed by atoms with E-state index in [1.807, 2.05) is 0 Å². The fourth-order valence-electron chi connectivity index (χ4n) is 4.06. The van der Waals surface area contributed by atoms with Crippen LogP contribution in [0.2, 0.25) is 0 Å². The highest BCUT2D eigenvalue weighted by Crippen LogP contribution is 2.56. The number of fused-ring (bicyclic) bond motifs is 1. The number of phosphoric ester groups is 1. The highest BCUT2D eigenvalue weighted by atomic mass is 31.2. The fourth-order valence-corrected chi connectivity index (χ4v) is 5.24. The summed E-state index contributed by atoms with van der Waals surface area (Å²) in [6.07, 6.45) is -2.23. The number of aryl methyl sites for hydroxylation is 1. The SMILES string of the molecule is [B]C(C)(CC(C)(C)O[C@@H]1O[C@H](CO)[C@@H]2OP(=O)(O)O[C@@H]2[C@H]1NC(C)=O)c1cn(C)nn1. The molecule has 14 heteroatoms. The lowest BCUT2D eigenvalue weighted by molar-refractivity contribution is -0.282. The van der Waals surface area contributed by atoms with E-state index >= 15 is 0 Å². The lowest BCUT2D eigenvalue weighted by Gasteiger charge is -2.45. The first kappa shape index (κ1) is 24.3. The van der Waals surface area contributed by atoms with Crippen LogP contribution in [0.15, 0.2) is 6.20 Å². The zero-order valence-corrected chi connectivity index (χ0v) is 19.0. The quantitative estimate of drug-likeness (QED) is 0.360. The molecule has 12 nitrogen and oxygen atoms in total. The van der Waals surface area contributed by atoms with Crippen LogP contribution in [0.4, 0.5) is 0 Å². The Kier molecular flexibility index (Phi) is 6.70. The second kappa shape index (κ2) is 8.55. The molecule has 1 amide bonds. The molecule has 0 spiro atoms. The van der Waals surface area contributed by atoms with Crippen molar-refractivity contribution >= 4 is 21.6 Å². The lowest BCUT2D eigenvalue weighted by Crippen LogP contribution is -2.64. The summed E-state index contributed by atoms with van der Waals surface area (Å²) in [4.78, 5) is 21.6. The van der Waals surface area contributed by atoms with Crippen LogP contribution in [0, 0.1) is 0 Å². The first-order valence-electron chi connectivity index (χ1n) is 9.79. The molecule has 2 saturated heterocycles. The summed E-state index contributed by atoms with van der Waals surface area (Å²) in [7, 11) is 3.84. The minimum atomic E-state index is -4.36. The molecule has 0 aromatic carbocycles. The van der Waals surface area contributed by atoms with Crippen molar-refractivity contribution in [2.24, 2.45) is 7.05 Å². The van der Waals surface area contributed by atoms with E-state index in [0.29, 0.717) is 12.1 Å². The van der Waals surface area contributed by atoms with Crippen LogP contribution in [-0.4, -0.2) is 81.6 Å². The molecule has 31 heavy (non-hydrogen) atoms. The van der Waals surface area contributed by atoms with E-state index in [1.54, 1.807) is 38.7 Å². The molecule has 7 atom stereocenters. The van der Waals surface area contributed by atoms with E-state index in [2.05, 4.69) is 15.6 Å². The Morgan fingerprint density at radius 1 is 1.39 bits per heavy atom. The molecule has 3 N–H and O–H groups in total. The van der Waals surface area contributed by atoms with Crippen molar-refractivity contribution in [1.82, 2.24) is 20.3 Å². The van der Waals surface area contributed by atoms with Crippen LogP contribution in [0.1, 0.15) is 39.8 Å². The molecule has 1 aromatic heterocycles. The predicted molar refractivity (Wildman–Crippen MR) is 107 cm³/mol. The van der Waals surface area contributed by atoms with E-state index < -0.39 is 61.9 Å². The number of amides is 1. The summed E-state index contributed by atoms with van der Waals surface area (Å²) < 4.78 is 35.8. The molecule has 3 heterocycles. The normalized spacial score (nSPS) is 35.4. The summed E-state index contributed by atoms with van der Waals surface area (Å²) in [6.45, 7) is 6.13. The topological polar surface area (TPSA) is 154 Å². The van der Waals surface area contributed by atoms with Gasteiger partial charge in [0.1, 0.15) is 24.4 Å². The third-order valence-electron chi connectivity index (χ3n) is 5.12. The van der Waals surface area contributed by atoms with Crippen LogP contribution < -0.4 is 5.32 Å². The standard InChI is InChI=1S/C17H28BN4O8P/c1-9(24)19-12-14-13(29-31(25,26)30-14)10(7-23)27-15(12)28-16(2,3)8-17(4,18)11-6-22(5)21-20-11/h6,10,12-15,23H,7-8H2,1-5H3,(H,19,24)(H,25,26)/t10-,12-,13+,14-,15+,17?/m1/s1. The van der Waals surface area contributed by atoms with Crippen LogP contribution in [0.3, 0.4) is 0 Å². The Morgan fingerprint density at radius 3 is 2.58 bits per heavy atom. The van der Waals surface area contributed by atoms with Crippen molar-refractivity contribution in [3.8, 4) is 0 Å². The van der Waals surface area contributed by atoms with Crippen molar-refractivity contribution in [3.05, 3.63) is 11.9 Å². The van der Waals surface area contributed by atoms with Gasteiger partial charge in [0.05, 0.1) is 25.7 Å². The van der Waals surface area contributed by atoms with E-state index in [0.717, 1.165) is 0 Å². The average molecular weight is 458 g/mol. The van der Waals surface area contributed by atoms with Gasteiger partial charge in [0.2, 0.25) is 5.91 Å². The number of hydrogen-bond acceptors (Lipinski definition) is 9. The van der Waals surface area contributed by atoms with Gasteiger partial charge in [-0.05, 0) is 25.6 Å². The number of ether oxygens (including phenoxy) is 2. The molecule has 172 valence electrons. The van der Waals surface area contributed by atoms with E-state index in [4.69, 9.17) is 26.4 Å².